The van der Waals surface area contributed by atoms with Gasteiger partial charge in [0.25, 0.3) is 0 Å². The van der Waals surface area contributed by atoms with Gasteiger partial charge in [-0.3, -0.25) is 9.13 Å². The van der Waals surface area contributed by atoms with Crippen LogP contribution in [-0.4, -0.2) is 29.3 Å². The number of para-hydroxylation sites is 3. The van der Waals surface area contributed by atoms with E-state index in [1.807, 2.05) is 60.7 Å². The summed E-state index contributed by atoms with van der Waals surface area (Å²) in [4.78, 5) is 10.1. The van der Waals surface area contributed by atoms with Crippen LogP contribution in [0.25, 0.3) is 67.6 Å². The third kappa shape index (κ3) is 3.97. The van der Waals surface area contributed by atoms with Crippen molar-refractivity contribution in [3.05, 3.63) is 146 Å². The molecular weight excluding hydrogens is 516 g/mol. The van der Waals surface area contributed by atoms with Gasteiger partial charge in [-0.2, -0.15) is 0 Å². The number of benzene rings is 5. The van der Waals surface area contributed by atoms with Crippen LogP contribution in [0.4, 0.5) is 0 Å². The van der Waals surface area contributed by atoms with E-state index in [-0.39, 0.29) is 0 Å². The largest absolute Gasteiger partial charge is 0.278 e. The summed E-state index contributed by atoms with van der Waals surface area (Å²) < 4.78 is 4.23. The lowest BCUT2D eigenvalue weighted by molar-refractivity contribution is 0.930. The Morgan fingerprint density at radius 3 is 1.45 bits per heavy atom. The molecule has 8 aromatic rings. The fourth-order valence-electron chi connectivity index (χ4n) is 5.58. The zero-order valence-corrected chi connectivity index (χ0v) is 22.5. The van der Waals surface area contributed by atoms with Gasteiger partial charge in [-0.05, 0) is 30.3 Å². The molecular formula is C36H24N6. The maximum Gasteiger partial charge on any atom is 0.241 e. The Balaban J connectivity index is 1.43. The molecule has 3 aromatic heterocycles. The molecule has 5 aromatic carbocycles. The predicted octanol–water partition coefficient (Wildman–Crippen LogP) is 8.16. The zero-order valence-electron chi connectivity index (χ0n) is 22.5. The van der Waals surface area contributed by atoms with Gasteiger partial charge in [-0.25, -0.2) is 9.97 Å². The van der Waals surface area contributed by atoms with Gasteiger partial charge in [0.05, 0.1) is 28.1 Å². The van der Waals surface area contributed by atoms with Crippen molar-refractivity contribution in [2.75, 3.05) is 0 Å². The van der Waals surface area contributed by atoms with E-state index >= 15 is 0 Å². The molecule has 0 aliphatic heterocycles. The summed E-state index contributed by atoms with van der Waals surface area (Å²) in [6, 6.07) is 49.3. The molecule has 0 spiro atoms. The van der Waals surface area contributed by atoms with Crippen molar-refractivity contribution in [2.24, 2.45) is 0 Å². The van der Waals surface area contributed by atoms with Gasteiger partial charge in [0.1, 0.15) is 0 Å². The van der Waals surface area contributed by atoms with Crippen LogP contribution in [0.15, 0.2) is 146 Å². The van der Waals surface area contributed by atoms with Crippen molar-refractivity contribution in [3.63, 3.8) is 0 Å². The molecule has 198 valence electrons. The summed E-state index contributed by atoms with van der Waals surface area (Å²) >= 11 is 0. The lowest BCUT2D eigenvalue weighted by Gasteiger charge is -2.13. The van der Waals surface area contributed by atoms with Crippen LogP contribution in [0.5, 0.6) is 0 Å². The van der Waals surface area contributed by atoms with E-state index in [9.17, 15) is 0 Å². The van der Waals surface area contributed by atoms with Crippen molar-refractivity contribution >= 4 is 21.8 Å². The molecule has 6 heteroatoms. The molecule has 8 rings (SSSR count). The number of aromatic nitrogens is 6. The second kappa shape index (κ2) is 9.94. The van der Waals surface area contributed by atoms with E-state index in [2.05, 4.69) is 94.1 Å². The van der Waals surface area contributed by atoms with Crippen molar-refractivity contribution in [1.29, 1.82) is 0 Å². The monoisotopic (exact) mass is 540 g/mol. The molecule has 0 saturated carbocycles. The maximum atomic E-state index is 5.06. The van der Waals surface area contributed by atoms with Gasteiger partial charge in [-0.15, -0.1) is 10.2 Å². The van der Waals surface area contributed by atoms with Gasteiger partial charge in [0.15, 0.2) is 5.82 Å². The summed E-state index contributed by atoms with van der Waals surface area (Å²) in [5.74, 6) is 1.73. The van der Waals surface area contributed by atoms with Crippen molar-refractivity contribution < 1.29 is 0 Å². The molecule has 6 nitrogen and oxygen atoms in total. The predicted molar refractivity (Wildman–Crippen MR) is 168 cm³/mol. The lowest BCUT2D eigenvalue weighted by Crippen LogP contribution is -2.08. The van der Waals surface area contributed by atoms with Crippen LogP contribution < -0.4 is 0 Å². The van der Waals surface area contributed by atoms with E-state index in [1.165, 1.54) is 0 Å². The topological polar surface area (TPSA) is 61.4 Å². The minimum atomic E-state index is 0.499. The Bertz CT molecular complexity index is 2070. The van der Waals surface area contributed by atoms with Gasteiger partial charge in [0.2, 0.25) is 11.8 Å². The molecule has 0 unspecified atom stereocenters. The van der Waals surface area contributed by atoms with Gasteiger partial charge >= 0.3 is 0 Å². The maximum absolute atomic E-state index is 5.06. The van der Waals surface area contributed by atoms with Crippen molar-refractivity contribution in [2.45, 2.75) is 0 Å². The number of fused-ring (bicyclic) bond motifs is 3. The molecule has 0 bridgehead atoms. The van der Waals surface area contributed by atoms with Crippen LogP contribution in [-0.2, 0) is 0 Å². The first-order chi connectivity index (χ1) is 20.8. The molecule has 3 heterocycles. The lowest BCUT2D eigenvalue weighted by atomic mass is 10.1. The molecule has 0 radical (unpaired) electrons. The standard InChI is InChI=1S/C36H24N6/c1-4-14-25(15-5-1)30-24-31(26-16-6-2-7-17-26)38-34(37-30)35-39-40-36(41(35)27-18-8-3-9-19-27)42-32-22-12-10-20-28(32)29-21-11-13-23-33(29)42/h1-24H. The van der Waals surface area contributed by atoms with Gasteiger partial charge in [0, 0.05) is 21.9 Å². The highest BCUT2D eigenvalue weighted by atomic mass is 15.4. The van der Waals surface area contributed by atoms with Crippen LogP contribution in [0.3, 0.4) is 0 Å². The number of hydrogen-bond acceptors (Lipinski definition) is 4. The first kappa shape index (κ1) is 24.0. The van der Waals surface area contributed by atoms with Gasteiger partial charge in [-0.1, -0.05) is 115 Å². The quantitative estimate of drug-likeness (QED) is 0.221. The molecule has 0 N–H and O–H groups in total. The van der Waals surface area contributed by atoms with Crippen LogP contribution >= 0.6 is 0 Å². The minimum absolute atomic E-state index is 0.499. The summed E-state index contributed by atoms with van der Waals surface area (Å²) in [5.41, 5.74) is 6.68. The molecule has 0 aliphatic carbocycles. The first-order valence-electron chi connectivity index (χ1n) is 13.8. The summed E-state index contributed by atoms with van der Waals surface area (Å²) in [6.45, 7) is 0. The second-order valence-corrected chi connectivity index (χ2v) is 10.1. The minimum Gasteiger partial charge on any atom is -0.278 e. The van der Waals surface area contributed by atoms with Crippen molar-refractivity contribution in [3.8, 4) is 45.8 Å². The van der Waals surface area contributed by atoms with Crippen LogP contribution in [0, 0.1) is 0 Å². The second-order valence-electron chi connectivity index (χ2n) is 10.1. The Morgan fingerprint density at radius 2 is 0.905 bits per heavy atom. The fraction of sp³-hybridized carbons (Fsp3) is 0. The Morgan fingerprint density at radius 1 is 0.429 bits per heavy atom. The molecule has 0 atom stereocenters. The third-order valence-electron chi connectivity index (χ3n) is 7.51. The van der Waals surface area contributed by atoms with Crippen LogP contribution in [0.1, 0.15) is 0 Å². The SMILES string of the molecule is c1ccc(-c2cc(-c3ccccc3)nc(-c3nnc(-n4c5ccccc5c5ccccc54)n3-c3ccccc3)n2)cc1. The van der Waals surface area contributed by atoms with E-state index in [0.717, 1.165) is 50.0 Å². The number of nitrogens with zero attached hydrogens (tertiary/aromatic N) is 6. The fourth-order valence-corrected chi connectivity index (χ4v) is 5.58. The Hall–Kier alpha value is -5.88. The summed E-state index contributed by atoms with van der Waals surface area (Å²) in [5, 5.41) is 11.9. The summed E-state index contributed by atoms with van der Waals surface area (Å²) in [6.07, 6.45) is 0. The smallest absolute Gasteiger partial charge is 0.241 e. The Kier molecular flexibility index (Phi) is 5.67. The van der Waals surface area contributed by atoms with Crippen molar-refractivity contribution in [1.82, 2.24) is 29.3 Å². The number of hydrogen-bond donors (Lipinski definition) is 0. The van der Waals surface area contributed by atoms with E-state index < -0.39 is 0 Å². The third-order valence-corrected chi connectivity index (χ3v) is 7.51. The highest BCUT2D eigenvalue weighted by Gasteiger charge is 2.23. The van der Waals surface area contributed by atoms with E-state index in [0.29, 0.717) is 17.6 Å². The zero-order chi connectivity index (χ0) is 27.9. The molecule has 0 fully saturated rings. The van der Waals surface area contributed by atoms with E-state index in [4.69, 9.17) is 20.2 Å². The highest BCUT2D eigenvalue weighted by Crippen LogP contribution is 2.34. The van der Waals surface area contributed by atoms with Crippen LogP contribution in [0.2, 0.25) is 0 Å². The molecule has 0 saturated heterocycles. The summed E-state index contributed by atoms with van der Waals surface area (Å²) in [7, 11) is 0. The highest BCUT2D eigenvalue weighted by molar-refractivity contribution is 6.09. The molecule has 0 amide bonds. The van der Waals surface area contributed by atoms with Gasteiger partial charge < -0.3 is 0 Å². The Labute approximate surface area is 242 Å². The average Bonchev–Trinajstić information content (AvgIpc) is 3.65. The molecule has 42 heavy (non-hydrogen) atoms. The average molecular weight is 541 g/mol. The first-order valence-corrected chi connectivity index (χ1v) is 13.8. The number of rotatable bonds is 5. The molecule has 0 aliphatic rings. The van der Waals surface area contributed by atoms with E-state index in [1.54, 1.807) is 0 Å². The normalized spacial score (nSPS) is 11.3.